The molecule has 1 aliphatic heterocycles. The van der Waals surface area contributed by atoms with Crippen molar-refractivity contribution < 1.29 is 40.6 Å². The lowest BCUT2D eigenvalue weighted by Crippen LogP contribution is -2.48. The molecule has 2 atom stereocenters. The molecule has 8 nitrogen and oxygen atoms in total. The first-order valence-electron chi connectivity index (χ1n) is 14.1. The van der Waals surface area contributed by atoms with Crippen LogP contribution in [0.4, 0.5) is 17.6 Å². The van der Waals surface area contributed by atoms with E-state index in [4.69, 9.17) is 4.74 Å². The molecule has 2 bridgehead atoms. The van der Waals surface area contributed by atoms with E-state index < -0.39 is 45.6 Å². The van der Waals surface area contributed by atoms with Crippen LogP contribution in [-0.2, 0) is 34.0 Å². The second-order valence-corrected chi connectivity index (χ2v) is 12.5. The Balaban J connectivity index is 1.75. The van der Waals surface area contributed by atoms with E-state index in [0.717, 1.165) is 12.1 Å². The van der Waals surface area contributed by atoms with Crippen LogP contribution in [0.15, 0.2) is 42.5 Å². The molecule has 0 aliphatic carbocycles. The number of benzene rings is 2. The highest BCUT2D eigenvalue weighted by Gasteiger charge is 2.30. The summed E-state index contributed by atoms with van der Waals surface area (Å²) in [6.45, 7) is 2.80. The van der Waals surface area contributed by atoms with Gasteiger partial charge in [-0.05, 0) is 67.5 Å². The summed E-state index contributed by atoms with van der Waals surface area (Å²) < 4.78 is 86.9. The van der Waals surface area contributed by atoms with Crippen LogP contribution in [0.5, 0.6) is 5.75 Å². The standard InChI is InChI=1S/C29H39F4N3O5S/c1-2-12-36-13-3-4-14-41-24-10-11-25(30)22(17-24)18-26(35-28(38)9-6-15-42(36,39)40)27(37)20-34-19-21-7-5-8-23(16-21)29(31,32)33/h5,7-8,10-11,16-17,26-27,34,37H,2-4,6,9,12-15,18-20H2,1H3,(H,35,38). The van der Waals surface area contributed by atoms with E-state index in [9.17, 15) is 35.9 Å². The van der Waals surface area contributed by atoms with Gasteiger partial charge >= 0.3 is 6.18 Å². The molecule has 1 amide bonds. The molecular weight excluding hydrogens is 578 g/mol. The van der Waals surface area contributed by atoms with E-state index in [-0.39, 0.29) is 43.7 Å². The zero-order valence-corrected chi connectivity index (χ0v) is 24.4. The lowest BCUT2D eigenvalue weighted by molar-refractivity contribution is -0.137. The number of aliphatic hydroxyl groups excluding tert-OH is 1. The summed E-state index contributed by atoms with van der Waals surface area (Å²) in [5.74, 6) is -0.870. The van der Waals surface area contributed by atoms with E-state index in [1.807, 2.05) is 6.92 Å². The molecule has 2 aromatic carbocycles. The Labute approximate surface area is 244 Å². The van der Waals surface area contributed by atoms with Gasteiger partial charge in [0.15, 0.2) is 0 Å². The van der Waals surface area contributed by atoms with Crippen molar-refractivity contribution in [1.82, 2.24) is 14.9 Å². The van der Waals surface area contributed by atoms with Crippen LogP contribution < -0.4 is 15.4 Å². The lowest BCUT2D eigenvalue weighted by Gasteiger charge is -2.25. The summed E-state index contributed by atoms with van der Waals surface area (Å²) in [5, 5.41) is 16.6. The number of sulfonamides is 1. The SMILES string of the molecule is CCCN1CCCCOc2ccc(F)c(c2)CC(C(O)CNCc2cccc(C(F)(F)F)c2)NC(=O)CCCS1(=O)=O. The Hall–Kier alpha value is -2.74. The number of aliphatic hydroxyl groups is 1. The Morgan fingerprint density at radius 1 is 1.17 bits per heavy atom. The Kier molecular flexibility index (Phi) is 12.6. The predicted molar refractivity (Wildman–Crippen MR) is 151 cm³/mol. The molecule has 0 saturated carbocycles. The van der Waals surface area contributed by atoms with Crippen LogP contribution in [0, 0.1) is 5.82 Å². The summed E-state index contributed by atoms with van der Waals surface area (Å²) in [4.78, 5) is 12.8. The van der Waals surface area contributed by atoms with E-state index in [1.54, 1.807) is 0 Å². The zero-order valence-electron chi connectivity index (χ0n) is 23.6. The van der Waals surface area contributed by atoms with Crippen molar-refractivity contribution in [3.8, 4) is 5.75 Å². The number of rotatable bonds is 7. The van der Waals surface area contributed by atoms with Crippen LogP contribution in [0.2, 0.25) is 0 Å². The van der Waals surface area contributed by atoms with Gasteiger partial charge in [0.05, 0.1) is 30.1 Å². The fourth-order valence-corrected chi connectivity index (χ4v) is 6.36. The summed E-state index contributed by atoms with van der Waals surface area (Å²) in [7, 11) is -3.58. The molecule has 1 heterocycles. The van der Waals surface area contributed by atoms with E-state index in [1.165, 1.54) is 34.6 Å². The Morgan fingerprint density at radius 2 is 1.95 bits per heavy atom. The maximum Gasteiger partial charge on any atom is 0.416 e. The predicted octanol–water partition coefficient (Wildman–Crippen LogP) is 4.02. The molecular formula is C29H39F4N3O5S. The van der Waals surface area contributed by atoms with Crippen LogP contribution in [0.1, 0.15) is 55.7 Å². The number of halogens is 4. The number of carbonyl (C=O) groups is 1. The maximum atomic E-state index is 14.8. The summed E-state index contributed by atoms with van der Waals surface area (Å²) in [6, 6.07) is 8.03. The quantitative estimate of drug-likeness (QED) is 0.406. The van der Waals surface area contributed by atoms with Crippen molar-refractivity contribution in [2.75, 3.05) is 32.0 Å². The summed E-state index contributed by atoms with van der Waals surface area (Å²) in [6.07, 6.45) is -4.06. The van der Waals surface area contributed by atoms with Crippen LogP contribution in [-0.4, -0.2) is 67.9 Å². The molecule has 2 aromatic rings. The van der Waals surface area contributed by atoms with E-state index >= 15 is 0 Å². The molecule has 2 unspecified atom stereocenters. The third-order valence-corrected chi connectivity index (χ3v) is 8.90. The number of nitrogens with one attached hydrogen (secondary N) is 2. The second kappa shape index (κ2) is 15.6. The number of fused-ring (bicyclic) bond motifs is 2. The molecule has 0 saturated heterocycles. The minimum Gasteiger partial charge on any atom is -0.494 e. The van der Waals surface area contributed by atoms with Crippen molar-refractivity contribution in [2.24, 2.45) is 0 Å². The average molecular weight is 618 g/mol. The number of amides is 1. The molecule has 0 aromatic heterocycles. The van der Waals surface area contributed by atoms with Gasteiger partial charge in [0.25, 0.3) is 0 Å². The third kappa shape index (κ3) is 10.5. The van der Waals surface area contributed by atoms with Gasteiger partial charge in [0.1, 0.15) is 11.6 Å². The third-order valence-electron chi connectivity index (χ3n) is 6.95. The van der Waals surface area contributed by atoms with Crippen molar-refractivity contribution in [3.05, 3.63) is 65.0 Å². The average Bonchev–Trinajstić information content (AvgIpc) is 2.92. The lowest BCUT2D eigenvalue weighted by atomic mass is 9.99. The largest absolute Gasteiger partial charge is 0.494 e. The number of nitrogens with zero attached hydrogens (tertiary/aromatic N) is 1. The van der Waals surface area contributed by atoms with Gasteiger partial charge < -0.3 is 20.5 Å². The number of carbonyl (C=O) groups excluding carboxylic acids is 1. The minimum atomic E-state index is -4.49. The highest BCUT2D eigenvalue weighted by molar-refractivity contribution is 7.89. The number of alkyl halides is 3. The molecule has 0 fully saturated rings. The van der Waals surface area contributed by atoms with Crippen LogP contribution >= 0.6 is 0 Å². The summed E-state index contributed by atoms with van der Waals surface area (Å²) in [5.41, 5.74) is -0.236. The van der Waals surface area contributed by atoms with Crippen molar-refractivity contribution in [1.29, 1.82) is 0 Å². The van der Waals surface area contributed by atoms with Gasteiger partial charge in [-0.1, -0.05) is 25.1 Å². The van der Waals surface area contributed by atoms with Crippen LogP contribution in [0.3, 0.4) is 0 Å². The number of ether oxygens (including phenoxy) is 1. The second-order valence-electron chi connectivity index (χ2n) is 10.4. The zero-order chi connectivity index (χ0) is 30.8. The molecule has 0 radical (unpaired) electrons. The van der Waals surface area contributed by atoms with Gasteiger partial charge in [0.2, 0.25) is 15.9 Å². The van der Waals surface area contributed by atoms with Crippen molar-refractivity contribution in [2.45, 2.75) is 70.3 Å². The van der Waals surface area contributed by atoms with E-state index in [0.29, 0.717) is 50.3 Å². The molecule has 3 N–H and O–H groups in total. The summed E-state index contributed by atoms with van der Waals surface area (Å²) >= 11 is 0. The van der Waals surface area contributed by atoms with Gasteiger partial charge in [-0.2, -0.15) is 13.2 Å². The molecule has 234 valence electrons. The molecule has 1 aliphatic rings. The first-order valence-corrected chi connectivity index (χ1v) is 15.7. The van der Waals surface area contributed by atoms with Crippen molar-refractivity contribution >= 4 is 15.9 Å². The smallest absolute Gasteiger partial charge is 0.416 e. The van der Waals surface area contributed by atoms with Gasteiger partial charge in [0, 0.05) is 32.6 Å². The molecule has 3 rings (SSSR count). The first-order chi connectivity index (χ1) is 19.9. The normalized spacial score (nSPS) is 20.2. The molecule has 13 heteroatoms. The Morgan fingerprint density at radius 3 is 2.69 bits per heavy atom. The van der Waals surface area contributed by atoms with Crippen LogP contribution in [0.25, 0.3) is 0 Å². The van der Waals surface area contributed by atoms with Gasteiger partial charge in [-0.3, -0.25) is 4.79 Å². The van der Waals surface area contributed by atoms with E-state index in [2.05, 4.69) is 10.6 Å². The molecule has 0 spiro atoms. The number of hydrogen-bond donors (Lipinski definition) is 3. The fourth-order valence-electron chi connectivity index (χ4n) is 4.72. The first kappa shape index (κ1) is 33.8. The van der Waals surface area contributed by atoms with Gasteiger partial charge in [-0.25, -0.2) is 17.1 Å². The maximum absolute atomic E-state index is 14.8. The minimum absolute atomic E-state index is 0.0193. The number of hydrogen-bond acceptors (Lipinski definition) is 6. The monoisotopic (exact) mass is 617 g/mol. The topological polar surface area (TPSA) is 108 Å². The van der Waals surface area contributed by atoms with Crippen molar-refractivity contribution in [3.63, 3.8) is 0 Å². The highest BCUT2D eigenvalue weighted by atomic mass is 32.2. The van der Waals surface area contributed by atoms with Gasteiger partial charge in [-0.15, -0.1) is 0 Å². The highest BCUT2D eigenvalue weighted by Crippen LogP contribution is 2.29. The Bertz CT molecular complexity index is 1280. The fraction of sp³-hybridized carbons (Fsp3) is 0.552. The molecule has 42 heavy (non-hydrogen) atoms.